The summed E-state index contributed by atoms with van der Waals surface area (Å²) in [6.45, 7) is 2.13. The predicted octanol–water partition coefficient (Wildman–Crippen LogP) is 4.78. The maximum absolute atomic E-state index is 3.30. The van der Waals surface area contributed by atoms with Crippen LogP contribution in [0.2, 0.25) is 0 Å². The van der Waals surface area contributed by atoms with Crippen LogP contribution in [0.5, 0.6) is 0 Å². The standard InChI is InChI=1S/C19H19N/c1-15-8-10-16(11-9-15)12-13-17-5-2-3-6-18(17)19-7-4-14-20-19/h2-11,14,20H,12-13H2,1H3. The van der Waals surface area contributed by atoms with Gasteiger partial charge in [-0.15, -0.1) is 0 Å². The van der Waals surface area contributed by atoms with Crippen LogP contribution < -0.4 is 0 Å². The second-order valence-corrected chi connectivity index (χ2v) is 5.23. The Morgan fingerprint density at radius 1 is 0.800 bits per heavy atom. The molecule has 0 aliphatic carbocycles. The van der Waals surface area contributed by atoms with Gasteiger partial charge in [0, 0.05) is 17.5 Å². The first-order valence-electron chi connectivity index (χ1n) is 7.10. The van der Waals surface area contributed by atoms with Crippen molar-refractivity contribution in [3.05, 3.63) is 83.6 Å². The molecule has 3 aromatic rings. The number of H-pyrrole nitrogens is 1. The van der Waals surface area contributed by atoms with Crippen molar-refractivity contribution in [3.63, 3.8) is 0 Å². The van der Waals surface area contributed by atoms with Crippen molar-refractivity contribution in [2.24, 2.45) is 0 Å². The van der Waals surface area contributed by atoms with Crippen molar-refractivity contribution < 1.29 is 0 Å². The smallest absolute Gasteiger partial charge is 0.0456 e. The largest absolute Gasteiger partial charge is 0.361 e. The number of rotatable bonds is 4. The SMILES string of the molecule is Cc1ccc(CCc2ccccc2-c2ccc[nH]2)cc1. The van der Waals surface area contributed by atoms with E-state index < -0.39 is 0 Å². The summed E-state index contributed by atoms with van der Waals surface area (Å²) in [5, 5.41) is 0. The molecular formula is C19H19N. The van der Waals surface area contributed by atoms with Gasteiger partial charge in [0.15, 0.2) is 0 Å². The number of aromatic amines is 1. The minimum Gasteiger partial charge on any atom is -0.361 e. The summed E-state index contributed by atoms with van der Waals surface area (Å²) in [5.41, 5.74) is 6.63. The van der Waals surface area contributed by atoms with E-state index in [-0.39, 0.29) is 0 Å². The molecule has 0 saturated carbocycles. The molecule has 0 unspecified atom stereocenters. The van der Waals surface area contributed by atoms with E-state index in [9.17, 15) is 0 Å². The van der Waals surface area contributed by atoms with Crippen LogP contribution in [0.25, 0.3) is 11.3 Å². The second kappa shape index (κ2) is 5.79. The van der Waals surface area contributed by atoms with E-state index in [0.29, 0.717) is 0 Å². The Bertz CT molecular complexity index is 663. The molecule has 1 heteroatoms. The highest BCUT2D eigenvalue weighted by Crippen LogP contribution is 2.23. The molecule has 0 aliphatic rings. The third kappa shape index (κ3) is 2.83. The summed E-state index contributed by atoms with van der Waals surface area (Å²) in [4.78, 5) is 3.30. The molecular weight excluding hydrogens is 242 g/mol. The molecule has 0 bridgehead atoms. The van der Waals surface area contributed by atoms with E-state index in [1.807, 2.05) is 12.3 Å². The molecule has 0 atom stereocenters. The molecule has 0 spiro atoms. The normalized spacial score (nSPS) is 10.7. The van der Waals surface area contributed by atoms with Crippen molar-refractivity contribution in [1.29, 1.82) is 0 Å². The zero-order valence-electron chi connectivity index (χ0n) is 11.8. The van der Waals surface area contributed by atoms with Crippen LogP contribution in [0.15, 0.2) is 66.9 Å². The molecule has 3 rings (SSSR count). The highest BCUT2D eigenvalue weighted by molar-refractivity contribution is 5.63. The van der Waals surface area contributed by atoms with Gasteiger partial charge in [-0.3, -0.25) is 0 Å². The molecule has 100 valence electrons. The lowest BCUT2D eigenvalue weighted by atomic mass is 9.98. The van der Waals surface area contributed by atoms with Crippen LogP contribution in [-0.2, 0) is 12.8 Å². The topological polar surface area (TPSA) is 15.8 Å². The molecule has 0 aliphatic heterocycles. The maximum atomic E-state index is 3.30. The summed E-state index contributed by atoms with van der Waals surface area (Å²) in [7, 11) is 0. The molecule has 0 fully saturated rings. The Kier molecular flexibility index (Phi) is 3.69. The number of benzene rings is 2. The Labute approximate surface area is 120 Å². The minimum absolute atomic E-state index is 1.07. The molecule has 1 heterocycles. The second-order valence-electron chi connectivity index (χ2n) is 5.23. The fourth-order valence-corrected chi connectivity index (χ4v) is 2.53. The summed E-state index contributed by atoms with van der Waals surface area (Å²) in [6.07, 6.45) is 4.13. The summed E-state index contributed by atoms with van der Waals surface area (Å²) in [5.74, 6) is 0. The first-order chi connectivity index (χ1) is 9.83. The van der Waals surface area contributed by atoms with E-state index in [2.05, 4.69) is 66.5 Å². The zero-order chi connectivity index (χ0) is 13.8. The first kappa shape index (κ1) is 12.7. The average Bonchev–Trinajstić information content (AvgIpc) is 3.01. The molecule has 0 amide bonds. The van der Waals surface area contributed by atoms with Gasteiger partial charge in [0.05, 0.1) is 0 Å². The van der Waals surface area contributed by atoms with Crippen LogP contribution in [0.1, 0.15) is 16.7 Å². The van der Waals surface area contributed by atoms with Crippen LogP contribution in [0, 0.1) is 6.92 Å². The van der Waals surface area contributed by atoms with Gasteiger partial charge in [-0.05, 0) is 43.0 Å². The number of nitrogens with one attached hydrogen (secondary N) is 1. The Balaban J connectivity index is 1.79. The van der Waals surface area contributed by atoms with Gasteiger partial charge in [0.2, 0.25) is 0 Å². The zero-order valence-corrected chi connectivity index (χ0v) is 11.8. The number of aromatic nitrogens is 1. The van der Waals surface area contributed by atoms with E-state index in [1.165, 1.54) is 27.9 Å². The van der Waals surface area contributed by atoms with Crippen LogP contribution >= 0.6 is 0 Å². The van der Waals surface area contributed by atoms with E-state index >= 15 is 0 Å². The van der Waals surface area contributed by atoms with Crippen molar-refractivity contribution in [1.82, 2.24) is 4.98 Å². The fraction of sp³-hybridized carbons (Fsp3) is 0.158. The number of aryl methyl sites for hydroxylation is 3. The minimum atomic E-state index is 1.07. The lowest BCUT2D eigenvalue weighted by molar-refractivity contribution is 0.960. The summed E-state index contributed by atoms with van der Waals surface area (Å²) >= 11 is 0. The molecule has 20 heavy (non-hydrogen) atoms. The van der Waals surface area contributed by atoms with Crippen LogP contribution in [0.3, 0.4) is 0 Å². The van der Waals surface area contributed by atoms with Gasteiger partial charge in [0.25, 0.3) is 0 Å². The fourth-order valence-electron chi connectivity index (χ4n) is 2.53. The third-order valence-corrected chi connectivity index (χ3v) is 3.71. The molecule has 2 aromatic carbocycles. The molecule has 1 N–H and O–H groups in total. The lowest BCUT2D eigenvalue weighted by Crippen LogP contribution is -1.94. The highest BCUT2D eigenvalue weighted by atomic mass is 14.7. The van der Waals surface area contributed by atoms with Crippen LogP contribution in [0.4, 0.5) is 0 Å². The number of hydrogen-bond donors (Lipinski definition) is 1. The monoisotopic (exact) mass is 261 g/mol. The lowest BCUT2D eigenvalue weighted by Gasteiger charge is -2.08. The third-order valence-electron chi connectivity index (χ3n) is 3.71. The van der Waals surface area contributed by atoms with Gasteiger partial charge < -0.3 is 4.98 Å². The Morgan fingerprint density at radius 2 is 1.60 bits per heavy atom. The Hall–Kier alpha value is -2.28. The quantitative estimate of drug-likeness (QED) is 0.696. The van der Waals surface area contributed by atoms with Crippen LogP contribution in [-0.4, -0.2) is 4.98 Å². The number of hydrogen-bond acceptors (Lipinski definition) is 0. The molecule has 1 nitrogen and oxygen atoms in total. The van der Waals surface area contributed by atoms with E-state index in [4.69, 9.17) is 0 Å². The average molecular weight is 261 g/mol. The van der Waals surface area contributed by atoms with Gasteiger partial charge in [-0.1, -0.05) is 54.1 Å². The molecule has 0 radical (unpaired) electrons. The summed E-state index contributed by atoms with van der Waals surface area (Å²) < 4.78 is 0. The van der Waals surface area contributed by atoms with Crippen molar-refractivity contribution in [2.75, 3.05) is 0 Å². The van der Waals surface area contributed by atoms with Gasteiger partial charge >= 0.3 is 0 Å². The molecule has 1 aromatic heterocycles. The maximum Gasteiger partial charge on any atom is 0.0456 e. The van der Waals surface area contributed by atoms with Crippen molar-refractivity contribution in [3.8, 4) is 11.3 Å². The van der Waals surface area contributed by atoms with Gasteiger partial charge in [-0.25, -0.2) is 0 Å². The van der Waals surface area contributed by atoms with Gasteiger partial charge in [-0.2, -0.15) is 0 Å². The Morgan fingerprint density at radius 3 is 2.35 bits per heavy atom. The predicted molar refractivity (Wildman–Crippen MR) is 84.8 cm³/mol. The highest BCUT2D eigenvalue weighted by Gasteiger charge is 2.05. The van der Waals surface area contributed by atoms with Crippen molar-refractivity contribution >= 4 is 0 Å². The van der Waals surface area contributed by atoms with E-state index in [0.717, 1.165) is 12.8 Å². The van der Waals surface area contributed by atoms with Crippen molar-refractivity contribution in [2.45, 2.75) is 19.8 Å². The first-order valence-corrected chi connectivity index (χ1v) is 7.10. The van der Waals surface area contributed by atoms with E-state index in [1.54, 1.807) is 0 Å². The summed E-state index contributed by atoms with van der Waals surface area (Å²) in [6, 6.07) is 21.7. The van der Waals surface area contributed by atoms with Gasteiger partial charge in [0.1, 0.15) is 0 Å². The molecule has 0 saturated heterocycles.